The van der Waals surface area contributed by atoms with Crippen molar-refractivity contribution >= 4 is 0 Å². The molecular weight excluding hydrogens is 112 g/mol. The van der Waals surface area contributed by atoms with Crippen LogP contribution in [0.15, 0.2) is 12.3 Å². The van der Waals surface area contributed by atoms with Crippen molar-refractivity contribution in [3.05, 3.63) is 12.3 Å². The summed E-state index contributed by atoms with van der Waals surface area (Å²) in [5.74, 6) is 0.708. The molecule has 1 rings (SSSR count). The molecule has 0 saturated carbocycles. The molecule has 2 N–H and O–H groups in total. The van der Waals surface area contributed by atoms with Gasteiger partial charge in [0, 0.05) is 13.6 Å². The van der Waals surface area contributed by atoms with E-state index in [-0.39, 0.29) is 0 Å². The maximum Gasteiger partial charge on any atom is 0.0233 e. The zero-order valence-corrected chi connectivity index (χ0v) is 5.88. The van der Waals surface area contributed by atoms with Gasteiger partial charge >= 0.3 is 0 Å². The second-order valence-electron chi connectivity index (χ2n) is 2.62. The monoisotopic (exact) mass is 126 g/mol. The van der Waals surface area contributed by atoms with Gasteiger partial charge in [0.1, 0.15) is 0 Å². The van der Waals surface area contributed by atoms with E-state index in [1.54, 1.807) is 0 Å². The molecule has 0 aromatic heterocycles. The Balaban J connectivity index is 2.24. The topological polar surface area (TPSA) is 29.3 Å². The first-order valence-electron chi connectivity index (χ1n) is 3.41. The third kappa shape index (κ3) is 1.72. The van der Waals surface area contributed by atoms with Gasteiger partial charge in [-0.25, -0.2) is 0 Å². The summed E-state index contributed by atoms with van der Waals surface area (Å²) in [5.41, 5.74) is 5.40. The largest absolute Gasteiger partial charge is 0.380 e. The minimum atomic E-state index is 0.708. The van der Waals surface area contributed by atoms with E-state index in [9.17, 15) is 0 Å². The molecule has 1 unspecified atom stereocenters. The number of rotatable bonds is 2. The fraction of sp³-hybridized carbons (Fsp3) is 0.714. The molecule has 1 atom stereocenters. The molecule has 0 fully saturated rings. The standard InChI is InChI=1S/C7H14N2/c1-9-5-3-7(6-9)2-4-8/h3,5,7H,2,4,6,8H2,1H3. The van der Waals surface area contributed by atoms with Crippen LogP contribution in [-0.4, -0.2) is 25.0 Å². The Morgan fingerprint density at radius 1 is 1.78 bits per heavy atom. The van der Waals surface area contributed by atoms with Crippen molar-refractivity contribution in [1.29, 1.82) is 0 Å². The predicted molar refractivity (Wildman–Crippen MR) is 38.9 cm³/mol. The fourth-order valence-electron chi connectivity index (χ4n) is 1.16. The first-order valence-corrected chi connectivity index (χ1v) is 3.41. The molecular formula is C7H14N2. The van der Waals surface area contributed by atoms with Crippen molar-refractivity contribution in [3.63, 3.8) is 0 Å². The Hall–Kier alpha value is -0.500. The van der Waals surface area contributed by atoms with Gasteiger partial charge in [-0.3, -0.25) is 0 Å². The fourth-order valence-corrected chi connectivity index (χ4v) is 1.16. The highest BCUT2D eigenvalue weighted by Crippen LogP contribution is 2.12. The molecule has 0 aromatic rings. The van der Waals surface area contributed by atoms with E-state index in [0.717, 1.165) is 19.5 Å². The van der Waals surface area contributed by atoms with Gasteiger partial charge < -0.3 is 10.6 Å². The zero-order valence-electron chi connectivity index (χ0n) is 5.88. The molecule has 2 nitrogen and oxygen atoms in total. The Morgan fingerprint density at radius 3 is 3.00 bits per heavy atom. The molecule has 1 heterocycles. The first-order chi connectivity index (χ1) is 4.33. The molecule has 0 aromatic carbocycles. The van der Waals surface area contributed by atoms with Gasteiger partial charge in [-0.2, -0.15) is 0 Å². The summed E-state index contributed by atoms with van der Waals surface area (Å²) in [4.78, 5) is 2.19. The number of nitrogens with zero attached hydrogens (tertiary/aromatic N) is 1. The number of hydrogen-bond donors (Lipinski definition) is 1. The van der Waals surface area contributed by atoms with Gasteiger partial charge in [0.05, 0.1) is 0 Å². The smallest absolute Gasteiger partial charge is 0.0233 e. The molecule has 0 radical (unpaired) electrons. The van der Waals surface area contributed by atoms with Crippen LogP contribution in [0.2, 0.25) is 0 Å². The summed E-state index contributed by atoms with van der Waals surface area (Å²) in [5, 5.41) is 0. The summed E-state index contributed by atoms with van der Waals surface area (Å²) in [7, 11) is 2.09. The SMILES string of the molecule is CN1C=CC(CCN)C1. The van der Waals surface area contributed by atoms with Gasteiger partial charge in [0.25, 0.3) is 0 Å². The van der Waals surface area contributed by atoms with Crippen LogP contribution in [0, 0.1) is 5.92 Å². The maximum absolute atomic E-state index is 5.40. The zero-order chi connectivity index (χ0) is 6.69. The molecule has 0 saturated heterocycles. The number of nitrogens with two attached hydrogens (primary N) is 1. The second kappa shape index (κ2) is 2.87. The molecule has 2 heteroatoms. The first kappa shape index (κ1) is 6.62. The summed E-state index contributed by atoms with van der Waals surface area (Å²) in [6, 6.07) is 0. The van der Waals surface area contributed by atoms with Crippen LogP contribution >= 0.6 is 0 Å². The van der Waals surface area contributed by atoms with Crippen molar-refractivity contribution in [1.82, 2.24) is 4.90 Å². The summed E-state index contributed by atoms with van der Waals surface area (Å²) in [6.07, 6.45) is 5.48. The quantitative estimate of drug-likeness (QED) is 0.580. The van der Waals surface area contributed by atoms with Crippen LogP contribution in [0.5, 0.6) is 0 Å². The van der Waals surface area contributed by atoms with E-state index in [1.807, 2.05) is 0 Å². The average Bonchev–Trinajstić information content (AvgIpc) is 2.17. The third-order valence-electron chi connectivity index (χ3n) is 1.67. The van der Waals surface area contributed by atoms with Gasteiger partial charge in [-0.05, 0) is 25.1 Å². The lowest BCUT2D eigenvalue weighted by Crippen LogP contribution is -2.15. The Morgan fingerprint density at radius 2 is 2.56 bits per heavy atom. The summed E-state index contributed by atoms with van der Waals surface area (Å²) >= 11 is 0. The van der Waals surface area contributed by atoms with Crippen molar-refractivity contribution in [2.45, 2.75) is 6.42 Å². The molecule has 9 heavy (non-hydrogen) atoms. The molecule has 1 aliphatic rings. The second-order valence-corrected chi connectivity index (χ2v) is 2.62. The Kier molecular flexibility index (Phi) is 2.11. The summed E-state index contributed by atoms with van der Waals surface area (Å²) < 4.78 is 0. The van der Waals surface area contributed by atoms with E-state index in [1.165, 1.54) is 0 Å². The third-order valence-corrected chi connectivity index (χ3v) is 1.67. The van der Waals surface area contributed by atoms with E-state index >= 15 is 0 Å². The Bertz CT molecular complexity index is 109. The average molecular weight is 126 g/mol. The van der Waals surface area contributed by atoms with Gasteiger partial charge in [-0.1, -0.05) is 6.08 Å². The van der Waals surface area contributed by atoms with Gasteiger partial charge in [-0.15, -0.1) is 0 Å². The van der Waals surface area contributed by atoms with Crippen LogP contribution in [0.25, 0.3) is 0 Å². The lowest BCUT2D eigenvalue weighted by Gasteiger charge is -2.10. The highest BCUT2D eigenvalue weighted by molar-refractivity contribution is 4.96. The van der Waals surface area contributed by atoms with Gasteiger partial charge in [0.2, 0.25) is 0 Å². The van der Waals surface area contributed by atoms with Crippen LogP contribution in [0.3, 0.4) is 0 Å². The van der Waals surface area contributed by atoms with Gasteiger partial charge in [0.15, 0.2) is 0 Å². The lowest BCUT2D eigenvalue weighted by molar-refractivity contribution is 0.426. The molecule has 0 aliphatic carbocycles. The minimum absolute atomic E-state index is 0.708. The molecule has 0 bridgehead atoms. The van der Waals surface area contributed by atoms with Crippen LogP contribution in [-0.2, 0) is 0 Å². The molecule has 0 amide bonds. The highest BCUT2D eigenvalue weighted by atomic mass is 15.1. The van der Waals surface area contributed by atoms with Crippen molar-refractivity contribution in [2.24, 2.45) is 11.7 Å². The van der Waals surface area contributed by atoms with Crippen LogP contribution in [0.4, 0.5) is 0 Å². The van der Waals surface area contributed by atoms with E-state index < -0.39 is 0 Å². The van der Waals surface area contributed by atoms with E-state index in [2.05, 4.69) is 24.2 Å². The Labute approximate surface area is 56.3 Å². The normalized spacial score (nSPS) is 25.6. The molecule has 52 valence electrons. The molecule has 0 spiro atoms. The summed E-state index contributed by atoms with van der Waals surface area (Å²) in [6.45, 7) is 1.96. The predicted octanol–water partition coefficient (Wildman–Crippen LogP) is 0.410. The maximum atomic E-state index is 5.40. The molecule has 1 aliphatic heterocycles. The van der Waals surface area contributed by atoms with Crippen molar-refractivity contribution in [3.8, 4) is 0 Å². The van der Waals surface area contributed by atoms with E-state index in [0.29, 0.717) is 5.92 Å². The van der Waals surface area contributed by atoms with Crippen LogP contribution < -0.4 is 5.73 Å². The van der Waals surface area contributed by atoms with Crippen molar-refractivity contribution in [2.75, 3.05) is 20.1 Å². The minimum Gasteiger partial charge on any atom is -0.380 e. The van der Waals surface area contributed by atoms with Crippen molar-refractivity contribution < 1.29 is 0 Å². The number of hydrogen-bond acceptors (Lipinski definition) is 2. The highest BCUT2D eigenvalue weighted by Gasteiger charge is 2.10. The van der Waals surface area contributed by atoms with E-state index in [4.69, 9.17) is 5.73 Å². The lowest BCUT2D eigenvalue weighted by atomic mass is 10.1. The van der Waals surface area contributed by atoms with Crippen LogP contribution in [0.1, 0.15) is 6.42 Å².